The number of Topliss-reactive ketones (excluding diaryl/α,β-unsaturated/α-hetero) is 1. The Kier molecular flexibility index (Phi) is 4.20. The summed E-state index contributed by atoms with van der Waals surface area (Å²) in [6.45, 7) is 1.35. The van der Waals surface area contributed by atoms with Crippen molar-refractivity contribution in [2.75, 3.05) is 11.9 Å². The predicted octanol–water partition coefficient (Wildman–Crippen LogP) is 2.25. The van der Waals surface area contributed by atoms with Crippen LogP contribution in [0.3, 0.4) is 0 Å². The number of carbonyl (C=O) groups is 2. The van der Waals surface area contributed by atoms with Crippen molar-refractivity contribution in [3.63, 3.8) is 0 Å². The molecule has 1 aromatic carbocycles. The summed E-state index contributed by atoms with van der Waals surface area (Å²) in [5, 5.41) is 2.66. The van der Waals surface area contributed by atoms with Crippen molar-refractivity contribution in [3.8, 4) is 5.75 Å². The van der Waals surface area contributed by atoms with Gasteiger partial charge in [0.05, 0.1) is 11.4 Å². The molecule has 1 amide bonds. The molecule has 0 bridgehead atoms. The van der Waals surface area contributed by atoms with Crippen LogP contribution in [0.25, 0.3) is 0 Å². The summed E-state index contributed by atoms with van der Waals surface area (Å²) in [5.41, 5.74) is 1.14. The van der Waals surface area contributed by atoms with Crippen LogP contribution in [0, 0.1) is 0 Å². The number of aromatic nitrogens is 1. The molecule has 0 aliphatic carbocycles. The first-order valence-electron chi connectivity index (χ1n) is 6.22. The third kappa shape index (κ3) is 3.26. The molecule has 5 nitrogen and oxygen atoms in total. The van der Waals surface area contributed by atoms with Crippen LogP contribution in [0.2, 0.25) is 0 Å². The van der Waals surface area contributed by atoms with E-state index >= 15 is 0 Å². The molecule has 0 aliphatic rings. The van der Waals surface area contributed by atoms with Gasteiger partial charge in [0.25, 0.3) is 0 Å². The summed E-state index contributed by atoms with van der Waals surface area (Å²) >= 11 is 0. The first-order valence-corrected chi connectivity index (χ1v) is 6.22. The second kappa shape index (κ2) is 6.06. The molecule has 0 radical (unpaired) electrons. The van der Waals surface area contributed by atoms with Crippen LogP contribution in [0.15, 0.2) is 42.6 Å². The summed E-state index contributed by atoms with van der Waals surface area (Å²) in [6.07, 6.45) is 1.80. The summed E-state index contributed by atoms with van der Waals surface area (Å²) in [5.74, 6) is 0.176. The largest absolute Gasteiger partial charge is 0.483 e. The topological polar surface area (TPSA) is 60.3 Å². The average Bonchev–Trinajstić information content (AvgIpc) is 2.83. The van der Waals surface area contributed by atoms with E-state index in [1.54, 1.807) is 54.2 Å². The van der Waals surface area contributed by atoms with E-state index < -0.39 is 0 Å². The van der Waals surface area contributed by atoms with Gasteiger partial charge in [0, 0.05) is 20.2 Å². The fourth-order valence-corrected chi connectivity index (χ4v) is 1.85. The molecule has 0 atom stereocenters. The van der Waals surface area contributed by atoms with Gasteiger partial charge in [0.2, 0.25) is 11.7 Å². The number of ketones is 1. The lowest BCUT2D eigenvalue weighted by atomic mass is 10.2. The quantitative estimate of drug-likeness (QED) is 0.849. The van der Waals surface area contributed by atoms with Crippen molar-refractivity contribution in [3.05, 3.63) is 48.3 Å². The number of ether oxygens (including phenoxy) is 1. The fourth-order valence-electron chi connectivity index (χ4n) is 1.85. The Morgan fingerprint density at radius 2 is 1.95 bits per heavy atom. The Labute approximate surface area is 117 Å². The van der Waals surface area contributed by atoms with Gasteiger partial charge in [-0.15, -0.1) is 0 Å². The maximum absolute atomic E-state index is 12.0. The number of benzene rings is 1. The molecular weight excluding hydrogens is 256 g/mol. The average molecular weight is 272 g/mol. The molecule has 2 rings (SSSR count). The van der Waals surface area contributed by atoms with Crippen LogP contribution in [-0.4, -0.2) is 22.9 Å². The first kappa shape index (κ1) is 13.9. The normalized spacial score (nSPS) is 10.1. The number of aryl methyl sites for hydroxylation is 1. The fraction of sp³-hybridized carbons (Fsp3) is 0.200. The van der Waals surface area contributed by atoms with Gasteiger partial charge in [-0.2, -0.15) is 0 Å². The standard InChI is InChI=1S/C15H16N2O3/c1-11(18)16-12-6-3-4-8-15(12)20-10-14(19)13-7-5-9-17(13)2/h3-9H,10H2,1-2H3,(H,16,18). The van der Waals surface area contributed by atoms with Crippen molar-refractivity contribution in [1.82, 2.24) is 4.57 Å². The molecular formula is C15H16N2O3. The van der Waals surface area contributed by atoms with Gasteiger partial charge in [0.1, 0.15) is 5.75 Å². The van der Waals surface area contributed by atoms with Gasteiger partial charge < -0.3 is 14.6 Å². The number of nitrogens with zero attached hydrogens (tertiary/aromatic N) is 1. The molecule has 104 valence electrons. The minimum absolute atomic E-state index is 0.0749. The summed E-state index contributed by atoms with van der Waals surface area (Å²) < 4.78 is 7.24. The maximum atomic E-state index is 12.0. The Balaban J connectivity index is 2.06. The van der Waals surface area contributed by atoms with Gasteiger partial charge in [-0.25, -0.2) is 0 Å². The van der Waals surface area contributed by atoms with E-state index in [2.05, 4.69) is 5.32 Å². The first-order chi connectivity index (χ1) is 9.58. The number of amides is 1. The molecule has 0 aliphatic heterocycles. The van der Waals surface area contributed by atoms with Crippen molar-refractivity contribution in [2.45, 2.75) is 6.92 Å². The van der Waals surface area contributed by atoms with Crippen LogP contribution in [0.5, 0.6) is 5.75 Å². The number of hydrogen-bond acceptors (Lipinski definition) is 3. The van der Waals surface area contributed by atoms with Gasteiger partial charge in [-0.05, 0) is 24.3 Å². The Morgan fingerprint density at radius 3 is 2.60 bits per heavy atom. The minimum atomic E-state index is -0.185. The minimum Gasteiger partial charge on any atom is -0.483 e. The lowest BCUT2D eigenvalue weighted by Gasteiger charge is -2.11. The Hall–Kier alpha value is -2.56. The lowest BCUT2D eigenvalue weighted by Crippen LogP contribution is -2.16. The van der Waals surface area contributed by atoms with Crippen LogP contribution in [-0.2, 0) is 11.8 Å². The third-order valence-electron chi connectivity index (χ3n) is 2.79. The van der Waals surface area contributed by atoms with Crippen molar-refractivity contribution < 1.29 is 14.3 Å². The third-order valence-corrected chi connectivity index (χ3v) is 2.79. The smallest absolute Gasteiger partial charge is 0.221 e. The number of hydrogen-bond donors (Lipinski definition) is 1. The molecule has 0 spiro atoms. The zero-order chi connectivity index (χ0) is 14.5. The van der Waals surface area contributed by atoms with E-state index in [4.69, 9.17) is 4.74 Å². The highest BCUT2D eigenvalue weighted by molar-refractivity contribution is 5.96. The molecule has 1 heterocycles. The van der Waals surface area contributed by atoms with E-state index in [1.165, 1.54) is 6.92 Å². The van der Waals surface area contributed by atoms with Gasteiger partial charge in [-0.3, -0.25) is 9.59 Å². The summed E-state index contributed by atoms with van der Waals surface area (Å²) in [7, 11) is 1.80. The van der Waals surface area contributed by atoms with Crippen molar-refractivity contribution in [1.29, 1.82) is 0 Å². The molecule has 1 aromatic heterocycles. The van der Waals surface area contributed by atoms with Crippen molar-refractivity contribution >= 4 is 17.4 Å². The van der Waals surface area contributed by atoms with E-state index in [0.717, 1.165) is 0 Å². The SMILES string of the molecule is CC(=O)Nc1ccccc1OCC(=O)c1cccn1C. The van der Waals surface area contributed by atoms with Gasteiger partial charge in [0.15, 0.2) is 6.61 Å². The second-order valence-electron chi connectivity index (χ2n) is 4.39. The molecule has 1 N–H and O–H groups in total. The van der Waals surface area contributed by atoms with Crippen LogP contribution >= 0.6 is 0 Å². The molecule has 0 fully saturated rings. The second-order valence-corrected chi connectivity index (χ2v) is 4.39. The van der Waals surface area contributed by atoms with Gasteiger partial charge in [-0.1, -0.05) is 12.1 Å². The highest BCUT2D eigenvalue weighted by Crippen LogP contribution is 2.23. The number of rotatable bonds is 5. The van der Waals surface area contributed by atoms with E-state index in [1.807, 2.05) is 0 Å². The number of anilines is 1. The van der Waals surface area contributed by atoms with E-state index in [0.29, 0.717) is 17.1 Å². The Morgan fingerprint density at radius 1 is 1.20 bits per heavy atom. The summed E-state index contributed by atoms with van der Waals surface area (Å²) in [6, 6.07) is 10.6. The number of carbonyl (C=O) groups excluding carboxylic acids is 2. The Bertz CT molecular complexity index is 632. The van der Waals surface area contributed by atoms with E-state index in [9.17, 15) is 9.59 Å². The predicted molar refractivity (Wildman–Crippen MR) is 76.0 cm³/mol. The molecule has 0 saturated heterocycles. The highest BCUT2D eigenvalue weighted by Gasteiger charge is 2.11. The molecule has 0 saturated carbocycles. The van der Waals surface area contributed by atoms with Crippen LogP contribution in [0.1, 0.15) is 17.4 Å². The lowest BCUT2D eigenvalue weighted by molar-refractivity contribution is -0.114. The zero-order valence-electron chi connectivity index (χ0n) is 11.4. The molecule has 5 heteroatoms. The van der Waals surface area contributed by atoms with Crippen LogP contribution in [0.4, 0.5) is 5.69 Å². The maximum Gasteiger partial charge on any atom is 0.221 e. The van der Waals surface area contributed by atoms with Crippen LogP contribution < -0.4 is 10.1 Å². The van der Waals surface area contributed by atoms with E-state index in [-0.39, 0.29) is 18.3 Å². The summed E-state index contributed by atoms with van der Waals surface area (Å²) in [4.78, 5) is 23.1. The van der Waals surface area contributed by atoms with Crippen molar-refractivity contribution in [2.24, 2.45) is 7.05 Å². The monoisotopic (exact) mass is 272 g/mol. The molecule has 2 aromatic rings. The molecule has 0 unspecified atom stereocenters. The number of para-hydroxylation sites is 2. The highest BCUT2D eigenvalue weighted by atomic mass is 16.5. The zero-order valence-corrected chi connectivity index (χ0v) is 11.4. The van der Waals surface area contributed by atoms with Gasteiger partial charge >= 0.3 is 0 Å². The molecule has 20 heavy (non-hydrogen) atoms. The number of nitrogens with one attached hydrogen (secondary N) is 1.